The molecule has 1 amide bonds. The zero-order valence-electron chi connectivity index (χ0n) is 14.9. The summed E-state index contributed by atoms with van der Waals surface area (Å²) < 4.78 is 6.90. The zero-order valence-corrected chi connectivity index (χ0v) is 14.9. The number of fused-ring (bicyclic) bond motifs is 1. The first-order valence-corrected chi connectivity index (χ1v) is 8.53. The summed E-state index contributed by atoms with van der Waals surface area (Å²) in [6.07, 6.45) is 3.93. The number of para-hydroxylation sites is 1. The maximum absolute atomic E-state index is 12.5. The predicted molar refractivity (Wildman–Crippen MR) is 99.0 cm³/mol. The summed E-state index contributed by atoms with van der Waals surface area (Å²) in [6, 6.07) is 11.2. The molecular formula is C20H21N3O3. The molecule has 134 valence electrons. The first-order valence-electron chi connectivity index (χ1n) is 8.53. The van der Waals surface area contributed by atoms with Crippen LogP contribution in [0.3, 0.4) is 0 Å². The highest BCUT2D eigenvalue weighted by Gasteiger charge is 2.13. The molecule has 0 aliphatic heterocycles. The number of hydrogen-bond acceptors (Lipinski definition) is 4. The van der Waals surface area contributed by atoms with Gasteiger partial charge in [0.05, 0.1) is 25.1 Å². The molecule has 1 N–H and O–H groups in total. The minimum absolute atomic E-state index is 0.124. The Morgan fingerprint density at radius 3 is 2.77 bits per heavy atom. The van der Waals surface area contributed by atoms with E-state index in [4.69, 9.17) is 4.74 Å². The van der Waals surface area contributed by atoms with Crippen molar-refractivity contribution in [2.45, 2.75) is 26.7 Å². The van der Waals surface area contributed by atoms with Gasteiger partial charge in [-0.15, -0.1) is 0 Å². The molecule has 3 aromatic rings. The van der Waals surface area contributed by atoms with Gasteiger partial charge in [0.25, 0.3) is 0 Å². The number of rotatable bonds is 6. The molecule has 2 heterocycles. The molecule has 3 rings (SSSR count). The molecule has 0 aliphatic rings. The molecule has 0 bridgehead atoms. The molecule has 2 aromatic heterocycles. The number of nitrogens with one attached hydrogen (secondary N) is 1. The van der Waals surface area contributed by atoms with Crippen LogP contribution in [0.2, 0.25) is 0 Å². The van der Waals surface area contributed by atoms with Crippen LogP contribution < -0.4 is 5.32 Å². The predicted octanol–water partition coefficient (Wildman–Crippen LogP) is 2.93. The molecule has 26 heavy (non-hydrogen) atoms. The lowest BCUT2D eigenvalue weighted by Crippen LogP contribution is -2.17. The molecule has 0 spiro atoms. The monoisotopic (exact) mass is 351 g/mol. The van der Waals surface area contributed by atoms with E-state index in [1.165, 1.54) is 0 Å². The molecule has 0 fully saturated rings. The Labute approximate surface area is 151 Å². The van der Waals surface area contributed by atoms with E-state index in [0.717, 1.165) is 22.5 Å². The highest BCUT2D eigenvalue weighted by atomic mass is 16.5. The van der Waals surface area contributed by atoms with E-state index in [1.807, 2.05) is 47.9 Å². The Balaban J connectivity index is 1.74. The molecule has 0 atom stereocenters. The van der Waals surface area contributed by atoms with Gasteiger partial charge in [-0.3, -0.25) is 9.59 Å². The summed E-state index contributed by atoms with van der Waals surface area (Å²) in [4.78, 5) is 28.6. The van der Waals surface area contributed by atoms with Crippen LogP contribution in [-0.4, -0.2) is 27.9 Å². The Bertz CT molecular complexity index is 946. The van der Waals surface area contributed by atoms with E-state index in [2.05, 4.69) is 10.3 Å². The van der Waals surface area contributed by atoms with Gasteiger partial charge in [0, 0.05) is 18.1 Å². The van der Waals surface area contributed by atoms with Gasteiger partial charge < -0.3 is 14.5 Å². The number of aryl methyl sites for hydroxylation is 1. The molecule has 0 unspecified atom stereocenters. The topological polar surface area (TPSA) is 72.7 Å². The smallest absolute Gasteiger partial charge is 0.310 e. The number of ether oxygens (including phenoxy) is 1. The first-order chi connectivity index (χ1) is 12.6. The number of pyridine rings is 1. The normalized spacial score (nSPS) is 10.7. The van der Waals surface area contributed by atoms with E-state index in [-0.39, 0.29) is 24.7 Å². The maximum Gasteiger partial charge on any atom is 0.310 e. The van der Waals surface area contributed by atoms with Crippen LogP contribution in [0, 0.1) is 6.92 Å². The van der Waals surface area contributed by atoms with Crippen molar-refractivity contribution in [1.29, 1.82) is 0 Å². The summed E-state index contributed by atoms with van der Waals surface area (Å²) in [7, 11) is 0. The number of benzene rings is 1. The van der Waals surface area contributed by atoms with E-state index in [0.29, 0.717) is 12.3 Å². The lowest BCUT2D eigenvalue weighted by atomic mass is 10.1. The minimum atomic E-state index is -0.313. The second kappa shape index (κ2) is 7.82. The Kier molecular flexibility index (Phi) is 5.31. The molecule has 0 aliphatic carbocycles. The fraction of sp³-hybridized carbons (Fsp3) is 0.250. The van der Waals surface area contributed by atoms with Crippen molar-refractivity contribution in [3.8, 4) is 0 Å². The highest BCUT2D eigenvalue weighted by Crippen LogP contribution is 2.17. The van der Waals surface area contributed by atoms with Gasteiger partial charge in [-0.1, -0.05) is 24.3 Å². The lowest BCUT2D eigenvalue weighted by molar-refractivity contribution is -0.142. The number of imidazole rings is 1. The summed E-state index contributed by atoms with van der Waals surface area (Å²) in [5.74, 6) is -0.476. The van der Waals surface area contributed by atoms with Crippen molar-refractivity contribution in [3.05, 3.63) is 65.6 Å². The number of amides is 1. The van der Waals surface area contributed by atoms with Crippen molar-refractivity contribution in [2.24, 2.45) is 0 Å². The largest absolute Gasteiger partial charge is 0.466 e. The first kappa shape index (κ1) is 17.7. The minimum Gasteiger partial charge on any atom is -0.466 e. The second-order valence-electron chi connectivity index (χ2n) is 6.00. The molecular weight excluding hydrogens is 330 g/mol. The highest BCUT2D eigenvalue weighted by molar-refractivity contribution is 5.93. The fourth-order valence-electron chi connectivity index (χ4n) is 2.86. The Morgan fingerprint density at radius 1 is 1.15 bits per heavy atom. The maximum atomic E-state index is 12.5. The Morgan fingerprint density at radius 2 is 1.96 bits per heavy atom. The molecule has 1 aromatic carbocycles. The van der Waals surface area contributed by atoms with Crippen molar-refractivity contribution < 1.29 is 14.3 Å². The lowest BCUT2D eigenvalue weighted by Gasteiger charge is -2.11. The van der Waals surface area contributed by atoms with Crippen molar-refractivity contribution in [1.82, 2.24) is 9.38 Å². The van der Waals surface area contributed by atoms with Gasteiger partial charge in [0.2, 0.25) is 5.91 Å². The number of aromatic nitrogens is 2. The van der Waals surface area contributed by atoms with Crippen molar-refractivity contribution in [3.63, 3.8) is 0 Å². The van der Waals surface area contributed by atoms with Gasteiger partial charge in [-0.2, -0.15) is 0 Å². The number of nitrogens with zero attached hydrogens (tertiary/aromatic N) is 2. The summed E-state index contributed by atoms with van der Waals surface area (Å²) in [6.45, 7) is 4.09. The third-order valence-corrected chi connectivity index (χ3v) is 4.08. The van der Waals surface area contributed by atoms with Crippen LogP contribution in [0.4, 0.5) is 5.69 Å². The van der Waals surface area contributed by atoms with Crippen LogP contribution in [0.25, 0.3) is 5.65 Å². The zero-order chi connectivity index (χ0) is 18.5. The fourth-order valence-corrected chi connectivity index (χ4v) is 2.86. The van der Waals surface area contributed by atoms with Gasteiger partial charge in [0.15, 0.2) is 0 Å². The van der Waals surface area contributed by atoms with E-state index in [9.17, 15) is 9.59 Å². The number of esters is 1. The number of anilines is 1. The van der Waals surface area contributed by atoms with Gasteiger partial charge in [-0.05, 0) is 37.1 Å². The molecule has 6 nitrogen and oxygen atoms in total. The SMILES string of the molecule is CCOC(=O)Cc1ccccc1NC(=O)Cc1cnc2c(C)cccn12. The van der Waals surface area contributed by atoms with Gasteiger partial charge in [-0.25, -0.2) is 4.98 Å². The standard InChI is InChI=1S/C20H21N3O3/c1-3-26-19(25)11-15-8-4-5-9-17(15)22-18(24)12-16-13-21-20-14(2)7-6-10-23(16)20/h4-10,13H,3,11-12H2,1-2H3,(H,22,24). The number of carbonyl (C=O) groups is 2. The van der Waals surface area contributed by atoms with E-state index >= 15 is 0 Å². The van der Waals surface area contributed by atoms with Gasteiger partial charge >= 0.3 is 5.97 Å². The summed E-state index contributed by atoms with van der Waals surface area (Å²) in [5.41, 5.74) is 4.06. The molecule has 0 saturated heterocycles. The van der Waals surface area contributed by atoms with E-state index in [1.54, 1.807) is 19.2 Å². The quantitative estimate of drug-likeness (QED) is 0.693. The summed E-state index contributed by atoms with van der Waals surface area (Å²) in [5, 5.41) is 2.89. The van der Waals surface area contributed by atoms with Gasteiger partial charge in [0.1, 0.15) is 5.65 Å². The van der Waals surface area contributed by atoms with Crippen molar-refractivity contribution in [2.75, 3.05) is 11.9 Å². The molecule has 0 radical (unpaired) electrons. The number of hydrogen-bond donors (Lipinski definition) is 1. The van der Waals surface area contributed by atoms with Crippen LogP contribution in [-0.2, 0) is 27.2 Å². The molecule has 6 heteroatoms. The average molecular weight is 351 g/mol. The van der Waals surface area contributed by atoms with E-state index < -0.39 is 0 Å². The third-order valence-electron chi connectivity index (χ3n) is 4.08. The molecule has 0 saturated carbocycles. The van der Waals surface area contributed by atoms with Crippen LogP contribution in [0.1, 0.15) is 23.7 Å². The summed E-state index contributed by atoms with van der Waals surface area (Å²) >= 11 is 0. The van der Waals surface area contributed by atoms with Crippen LogP contribution >= 0.6 is 0 Å². The average Bonchev–Trinajstić information content (AvgIpc) is 3.01. The third kappa shape index (κ3) is 3.91. The Hall–Kier alpha value is -3.15. The van der Waals surface area contributed by atoms with Crippen LogP contribution in [0.15, 0.2) is 48.8 Å². The second-order valence-corrected chi connectivity index (χ2v) is 6.00. The van der Waals surface area contributed by atoms with Crippen molar-refractivity contribution >= 4 is 23.2 Å². The van der Waals surface area contributed by atoms with Crippen LogP contribution in [0.5, 0.6) is 0 Å². The number of carbonyl (C=O) groups excluding carboxylic acids is 2.